The minimum Gasteiger partial charge on any atom is -0.456 e. The summed E-state index contributed by atoms with van der Waals surface area (Å²) in [5, 5.41) is 5.08. The van der Waals surface area contributed by atoms with Crippen molar-refractivity contribution in [3.05, 3.63) is 40.4 Å². The Morgan fingerprint density at radius 1 is 1.19 bits per heavy atom. The van der Waals surface area contributed by atoms with Crippen LogP contribution in [0.3, 0.4) is 0 Å². The predicted octanol–water partition coefficient (Wildman–Crippen LogP) is 1.02. The van der Waals surface area contributed by atoms with E-state index in [0.29, 0.717) is 16.7 Å². The molecule has 0 radical (unpaired) electrons. The number of esters is 1. The Kier molecular flexibility index (Phi) is 6.27. The first-order chi connectivity index (χ1) is 12.6. The van der Waals surface area contributed by atoms with Crippen LogP contribution in [0, 0.1) is 0 Å². The number of urea groups is 1. The lowest BCUT2D eigenvalue weighted by Crippen LogP contribution is -2.49. The Balaban J connectivity index is 1.80. The molecule has 144 valence electrons. The van der Waals surface area contributed by atoms with Gasteiger partial charge in [-0.1, -0.05) is 12.1 Å². The number of ether oxygens (including phenoxy) is 1. The Bertz CT molecular complexity index is 914. The molecule has 0 spiro atoms. The van der Waals surface area contributed by atoms with E-state index < -0.39 is 30.1 Å². The maximum absolute atomic E-state index is 12.0. The lowest BCUT2D eigenvalue weighted by molar-refractivity contribution is -0.148. The first-order valence-electron chi connectivity index (χ1n) is 8.39. The molecule has 0 fully saturated rings. The molecular formula is C18H22N4O5. The average Bonchev–Trinajstić information content (AvgIpc) is 2.56. The van der Waals surface area contributed by atoms with Crippen molar-refractivity contribution in [2.45, 2.75) is 39.2 Å². The minimum atomic E-state index is -0.734. The van der Waals surface area contributed by atoms with Crippen molar-refractivity contribution >= 4 is 28.8 Å². The molecule has 3 N–H and O–H groups in total. The third kappa shape index (κ3) is 6.53. The smallest absolute Gasteiger partial charge is 0.321 e. The molecule has 1 aromatic heterocycles. The molecule has 2 aromatic rings. The summed E-state index contributed by atoms with van der Waals surface area (Å²) in [6, 6.07) is 6.21. The minimum absolute atomic E-state index is 0.0667. The summed E-state index contributed by atoms with van der Waals surface area (Å²) in [7, 11) is 0. The van der Waals surface area contributed by atoms with Crippen LogP contribution in [0.2, 0.25) is 0 Å². The van der Waals surface area contributed by atoms with Crippen molar-refractivity contribution in [2.75, 3.05) is 6.61 Å². The van der Waals surface area contributed by atoms with Crippen LogP contribution >= 0.6 is 0 Å². The Hall–Kier alpha value is -3.23. The van der Waals surface area contributed by atoms with Crippen molar-refractivity contribution < 1.29 is 19.1 Å². The summed E-state index contributed by atoms with van der Waals surface area (Å²) in [5.74, 6) is -1.02. The molecule has 1 aromatic carbocycles. The largest absolute Gasteiger partial charge is 0.456 e. The molecule has 1 heterocycles. The fraction of sp³-hybridized carbons (Fsp3) is 0.389. The van der Waals surface area contributed by atoms with E-state index in [4.69, 9.17) is 4.74 Å². The summed E-state index contributed by atoms with van der Waals surface area (Å²) in [6.45, 7) is 4.73. The summed E-state index contributed by atoms with van der Waals surface area (Å²) in [6.07, 6.45) is 0.0911. The summed E-state index contributed by atoms with van der Waals surface area (Å²) >= 11 is 0. The fourth-order valence-corrected chi connectivity index (χ4v) is 2.23. The first kappa shape index (κ1) is 20.1. The summed E-state index contributed by atoms with van der Waals surface area (Å²) in [4.78, 5) is 53.8. The monoisotopic (exact) mass is 374 g/mol. The number of carbonyl (C=O) groups is 3. The number of nitrogens with zero attached hydrogens (tertiary/aromatic N) is 1. The molecule has 0 aliphatic heterocycles. The number of aromatic amines is 1. The van der Waals surface area contributed by atoms with Gasteiger partial charge in [-0.2, -0.15) is 0 Å². The van der Waals surface area contributed by atoms with Gasteiger partial charge in [0.1, 0.15) is 5.82 Å². The highest BCUT2D eigenvalue weighted by atomic mass is 16.5. The van der Waals surface area contributed by atoms with Crippen LogP contribution in [-0.2, 0) is 20.7 Å². The molecule has 0 unspecified atom stereocenters. The van der Waals surface area contributed by atoms with Gasteiger partial charge in [0.2, 0.25) is 0 Å². The van der Waals surface area contributed by atoms with Gasteiger partial charge in [-0.25, -0.2) is 9.78 Å². The van der Waals surface area contributed by atoms with Crippen molar-refractivity contribution in [3.8, 4) is 0 Å². The van der Waals surface area contributed by atoms with Crippen LogP contribution in [0.15, 0.2) is 29.1 Å². The van der Waals surface area contributed by atoms with Crippen LogP contribution in [0.5, 0.6) is 0 Å². The van der Waals surface area contributed by atoms with Gasteiger partial charge in [0.15, 0.2) is 6.61 Å². The normalized spacial score (nSPS) is 11.1. The number of amides is 3. The number of nitrogens with one attached hydrogen (secondary N) is 3. The second kappa shape index (κ2) is 8.43. The van der Waals surface area contributed by atoms with Crippen molar-refractivity contribution in [1.29, 1.82) is 0 Å². The van der Waals surface area contributed by atoms with E-state index in [1.54, 1.807) is 45.0 Å². The molecule has 3 amide bonds. The van der Waals surface area contributed by atoms with Crippen molar-refractivity contribution in [3.63, 3.8) is 0 Å². The molecule has 9 heteroatoms. The second-order valence-electron chi connectivity index (χ2n) is 6.94. The molecular weight excluding hydrogens is 352 g/mol. The van der Waals surface area contributed by atoms with Crippen LogP contribution in [0.4, 0.5) is 4.79 Å². The highest BCUT2D eigenvalue weighted by molar-refractivity contribution is 5.95. The first-order valence-corrected chi connectivity index (χ1v) is 8.39. The third-order valence-corrected chi connectivity index (χ3v) is 3.33. The van der Waals surface area contributed by atoms with Crippen LogP contribution in [-0.4, -0.2) is 40.0 Å². The molecule has 0 saturated carbocycles. The molecule has 0 aliphatic rings. The number of hydrogen-bond acceptors (Lipinski definition) is 6. The van der Waals surface area contributed by atoms with Crippen molar-refractivity contribution in [1.82, 2.24) is 20.6 Å². The van der Waals surface area contributed by atoms with E-state index in [1.165, 1.54) is 0 Å². The van der Waals surface area contributed by atoms with Gasteiger partial charge in [0.05, 0.1) is 17.3 Å². The fourth-order valence-electron chi connectivity index (χ4n) is 2.23. The van der Waals surface area contributed by atoms with E-state index in [9.17, 15) is 19.2 Å². The summed E-state index contributed by atoms with van der Waals surface area (Å²) < 4.78 is 4.82. The zero-order chi connectivity index (χ0) is 20.0. The van der Waals surface area contributed by atoms with E-state index in [1.807, 2.05) is 0 Å². The number of H-pyrrole nitrogens is 1. The number of rotatable bonds is 5. The van der Waals surface area contributed by atoms with Gasteiger partial charge in [0, 0.05) is 12.0 Å². The van der Waals surface area contributed by atoms with Crippen LogP contribution < -0.4 is 16.2 Å². The molecule has 0 bridgehead atoms. The van der Waals surface area contributed by atoms with Gasteiger partial charge in [0.25, 0.3) is 11.5 Å². The number of aryl methyl sites for hydroxylation is 1. The number of para-hydroxylation sites is 1. The maximum Gasteiger partial charge on any atom is 0.321 e. The molecule has 0 atom stereocenters. The summed E-state index contributed by atoms with van der Waals surface area (Å²) in [5.41, 5.74) is -0.243. The topological polar surface area (TPSA) is 130 Å². The van der Waals surface area contributed by atoms with Crippen molar-refractivity contribution in [2.24, 2.45) is 0 Å². The number of hydrogen-bond donors (Lipinski definition) is 3. The third-order valence-electron chi connectivity index (χ3n) is 3.33. The number of fused-ring (bicyclic) bond motifs is 1. The van der Waals surface area contributed by atoms with E-state index in [-0.39, 0.29) is 18.4 Å². The number of benzene rings is 1. The zero-order valence-electron chi connectivity index (χ0n) is 15.4. The second-order valence-corrected chi connectivity index (χ2v) is 6.94. The predicted molar refractivity (Wildman–Crippen MR) is 98.1 cm³/mol. The van der Waals surface area contributed by atoms with Gasteiger partial charge >= 0.3 is 12.0 Å². The standard InChI is InChI=1S/C18H22N4O5/c1-18(2,3)22-17(26)21-14(23)10-27-15(24)9-8-13-19-12-7-5-4-6-11(12)16(25)20-13/h4-7H,8-10H2,1-3H3,(H,19,20,25)(H2,21,22,23,26). The highest BCUT2D eigenvalue weighted by Crippen LogP contribution is 2.06. The molecule has 9 nitrogen and oxygen atoms in total. The van der Waals surface area contributed by atoms with Gasteiger partial charge in [-0.15, -0.1) is 0 Å². The SMILES string of the molecule is CC(C)(C)NC(=O)NC(=O)COC(=O)CCc1nc2ccccc2c(=O)[nH]1. The Labute approximate surface area is 155 Å². The number of imide groups is 1. The molecule has 0 aliphatic carbocycles. The van der Waals surface area contributed by atoms with E-state index in [0.717, 1.165) is 0 Å². The number of carbonyl (C=O) groups excluding carboxylic acids is 3. The Morgan fingerprint density at radius 3 is 2.59 bits per heavy atom. The zero-order valence-corrected chi connectivity index (χ0v) is 15.4. The van der Waals surface area contributed by atoms with Crippen LogP contribution in [0.25, 0.3) is 10.9 Å². The average molecular weight is 374 g/mol. The van der Waals surface area contributed by atoms with E-state index >= 15 is 0 Å². The van der Waals surface area contributed by atoms with Crippen LogP contribution in [0.1, 0.15) is 33.0 Å². The maximum atomic E-state index is 12.0. The van der Waals surface area contributed by atoms with E-state index in [2.05, 4.69) is 20.6 Å². The quantitative estimate of drug-likeness (QED) is 0.670. The van der Waals surface area contributed by atoms with Gasteiger partial charge in [-0.3, -0.25) is 19.7 Å². The van der Waals surface area contributed by atoms with Gasteiger partial charge in [-0.05, 0) is 32.9 Å². The Morgan fingerprint density at radius 2 is 1.89 bits per heavy atom. The number of aromatic nitrogens is 2. The highest BCUT2D eigenvalue weighted by Gasteiger charge is 2.16. The molecule has 0 saturated heterocycles. The molecule has 2 rings (SSSR count). The van der Waals surface area contributed by atoms with Gasteiger partial charge < -0.3 is 15.0 Å². The lowest BCUT2D eigenvalue weighted by atomic mass is 10.1. The molecule has 27 heavy (non-hydrogen) atoms. The lowest BCUT2D eigenvalue weighted by Gasteiger charge is -2.20.